The summed E-state index contributed by atoms with van der Waals surface area (Å²) < 4.78 is 14.0. The number of aromatic nitrogens is 2. The number of aromatic amines is 1. The van der Waals surface area contributed by atoms with Gasteiger partial charge in [-0.25, -0.2) is 9.37 Å². The lowest BCUT2D eigenvalue weighted by Crippen LogP contribution is -2.28. The maximum atomic E-state index is 14.0. The third-order valence-corrected chi connectivity index (χ3v) is 5.36. The zero-order valence-corrected chi connectivity index (χ0v) is 17.0. The molecule has 4 nitrogen and oxygen atoms in total. The van der Waals surface area contributed by atoms with Crippen molar-refractivity contribution < 1.29 is 4.39 Å². The molecule has 0 bridgehead atoms. The number of aryl methyl sites for hydroxylation is 1. The molecule has 3 aromatic carbocycles. The van der Waals surface area contributed by atoms with E-state index >= 15 is 0 Å². The van der Waals surface area contributed by atoms with Crippen LogP contribution in [0.2, 0.25) is 0 Å². The molecule has 0 saturated heterocycles. The Morgan fingerprint density at radius 2 is 1.77 bits per heavy atom. The number of rotatable bonds is 6. The van der Waals surface area contributed by atoms with E-state index in [2.05, 4.69) is 46.5 Å². The van der Waals surface area contributed by atoms with Crippen LogP contribution in [0.4, 0.5) is 4.39 Å². The van der Waals surface area contributed by atoms with Crippen LogP contribution in [-0.2, 0) is 6.42 Å². The van der Waals surface area contributed by atoms with Crippen LogP contribution in [0.25, 0.3) is 10.9 Å². The number of halogens is 1. The molecule has 4 aromatic rings. The van der Waals surface area contributed by atoms with E-state index in [4.69, 9.17) is 0 Å². The molecular formula is C25H24FN3O. The second-order valence-electron chi connectivity index (χ2n) is 7.44. The average molecular weight is 401 g/mol. The van der Waals surface area contributed by atoms with Crippen LogP contribution in [0.5, 0.6) is 0 Å². The molecule has 1 heterocycles. The van der Waals surface area contributed by atoms with E-state index in [0.29, 0.717) is 16.7 Å². The zero-order chi connectivity index (χ0) is 21.1. The Labute approximate surface area is 174 Å². The molecule has 0 saturated carbocycles. The molecule has 0 unspecified atom stereocenters. The molecule has 0 fully saturated rings. The van der Waals surface area contributed by atoms with Gasteiger partial charge >= 0.3 is 0 Å². The summed E-state index contributed by atoms with van der Waals surface area (Å²) in [4.78, 5) is 20.0. The highest BCUT2D eigenvalue weighted by Crippen LogP contribution is 2.26. The van der Waals surface area contributed by atoms with Gasteiger partial charge < -0.3 is 4.98 Å². The molecule has 0 radical (unpaired) electrons. The predicted octanol–water partition coefficient (Wildman–Crippen LogP) is 5.06. The Morgan fingerprint density at radius 1 is 1.00 bits per heavy atom. The second kappa shape index (κ2) is 8.59. The minimum absolute atomic E-state index is 0.168. The van der Waals surface area contributed by atoms with Gasteiger partial charge in [0.15, 0.2) is 0 Å². The molecule has 0 amide bonds. The minimum Gasteiger partial charge on any atom is -0.309 e. The van der Waals surface area contributed by atoms with Gasteiger partial charge in [-0.2, -0.15) is 0 Å². The molecule has 0 aliphatic heterocycles. The maximum absolute atomic E-state index is 14.0. The topological polar surface area (TPSA) is 57.8 Å². The van der Waals surface area contributed by atoms with E-state index in [1.165, 1.54) is 17.7 Å². The first kappa shape index (κ1) is 20.0. The fourth-order valence-corrected chi connectivity index (χ4v) is 3.66. The van der Waals surface area contributed by atoms with Gasteiger partial charge in [-0.05, 0) is 54.3 Å². The summed E-state index contributed by atoms with van der Waals surface area (Å²) >= 11 is 0. The first-order valence-corrected chi connectivity index (χ1v) is 10.1. The van der Waals surface area contributed by atoms with Crippen LogP contribution in [0.1, 0.15) is 48.4 Å². The van der Waals surface area contributed by atoms with E-state index in [1.54, 1.807) is 12.1 Å². The molecule has 2 N–H and O–H groups in total. The lowest BCUT2D eigenvalue weighted by Gasteiger charge is -2.24. The van der Waals surface area contributed by atoms with Crippen molar-refractivity contribution in [2.75, 3.05) is 0 Å². The fourth-order valence-electron chi connectivity index (χ4n) is 3.66. The summed E-state index contributed by atoms with van der Waals surface area (Å²) in [5.41, 5.74) is 3.56. The Kier molecular flexibility index (Phi) is 5.72. The van der Waals surface area contributed by atoms with Crippen LogP contribution in [0.15, 0.2) is 77.6 Å². The molecule has 0 aliphatic carbocycles. The Balaban J connectivity index is 1.71. The number of benzene rings is 3. The molecule has 30 heavy (non-hydrogen) atoms. The number of H-pyrrole nitrogens is 1. The van der Waals surface area contributed by atoms with Crippen LogP contribution in [-0.4, -0.2) is 9.97 Å². The van der Waals surface area contributed by atoms with Gasteiger partial charge in [0.05, 0.1) is 23.0 Å². The third-order valence-electron chi connectivity index (χ3n) is 5.36. The zero-order valence-electron chi connectivity index (χ0n) is 17.0. The fraction of sp³-hybridized carbons (Fsp3) is 0.200. The molecule has 0 spiro atoms. The van der Waals surface area contributed by atoms with Crippen molar-refractivity contribution in [1.29, 1.82) is 0 Å². The van der Waals surface area contributed by atoms with Crippen molar-refractivity contribution in [1.82, 2.24) is 15.3 Å². The quantitative estimate of drug-likeness (QED) is 0.475. The number of para-hydroxylation sites is 1. The van der Waals surface area contributed by atoms with Gasteiger partial charge in [0.1, 0.15) is 11.6 Å². The van der Waals surface area contributed by atoms with Gasteiger partial charge in [-0.3, -0.25) is 10.1 Å². The van der Waals surface area contributed by atoms with Gasteiger partial charge in [-0.15, -0.1) is 0 Å². The summed E-state index contributed by atoms with van der Waals surface area (Å²) in [5.74, 6) is 0.264. The number of hydrogen-bond acceptors (Lipinski definition) is 3. The van der Waals surface area contributed by atoms with Crippen molar-refractivity contribution in [2.24, 2.45) is 0 Å². The van der Waals surface area contributed by atoms with E-state index in [9.17, 15) is 9.18 Å². The number of fused-ring (bicyclic) bond motifs is 1. The molecule has 2 atom stereocenters. The molecule has 0 aliphatic rings. The van der Waals surface area contributed by atoms with Gasteiger partial charge in [0.25, 0.3) is 5.56 Å². The van der Waals surface area contributed by atoms with Crippen LogP contribution < -0.4 is 10.9 Å². The highest BCUT2D eigenvalue weighted by atomic mass is 19.1. The van der Waals surface area contributed by atoms with E-state index in [1.807, 2.05) is 31.2 Å². The molecular weight excluding hydrogens is 377 g/mol. The Hall–Kier alpha value is -3.31. The monoisotopic (exact) mass is 401 g/mol. The Bertz CT molecular complexity index is 1220. The van der Waals surface area contributed by atoms with Crippen LogP contribution in [0, 0.1) is 5.82 Å². The Morgan fingerprint density at radius 3 is 2.50 bits per heavy atom. The van der Waals surface area contributed by atoms with E-state index in [0.717, 1.165) is 17.5 Å². The average Bonchev–Trinajstić information content (AvgIpc) is 2.77. The lowest BCUT2D eigenvalue weighted by molar-refractivity contribution is 0.494. The van der Waals surface area contributed by atoms with Crippen LogP contribution in [0.3, 0.4) is 0 Å². The van der Waals surface area contributed by atoms with Crippen molar-refractivity contribution in [2.45, 2.75) is 32.4 Å². The molecule has 5 heteroatoms. The van der Waals surface area contributed by atoms with Crippen molar-refractivity contribution in [3.63, 3.8) is 0 Å². The summed E-state index contributed by atoms with van der Waals surface area (Å²) in [6, 6.07) is 21.6. The smallest absolute Gasteiger partial charge is 0.258 e. The number of nitrogens with one attached hydrogen (secondary N) is 2. The predicted molar refractivity (Wildman–Crippen MR) is 118 cm³/mol. The van der Waals surface area contributed by atoms with Gasteiger partial charge in [0.2, 0.25) is 0 Å². The first-order chi connectivity index (χ1) is 14.5. The highest BCUT2D eigenvalue weighted by Gasteiger charge is 2.20. The summed E-state index contributed by atoms with van der Waals surface area (Å²) in [7, 11) is 0. The number of hydrogen-bond donors (Lipinski definition) is 2. The standard InChI is InChI=1S/C25H24FN3O/c1-3-17-11-13-18(14-12-17)23(19-7-6-8-20(26)15-19)27-16(2)24-28-22-10-5-4-9-21(22)25(30)29-24/h4-16,23,27H,3H2,1-2H3,(H,28,29,30)/t16-,23-/m1/s1. The first-order valence-electron chi connectivity index (χ1n) is 10.1. The van der Waals surface area contributed by atoms with Gasteiger partial charge in [0, 0.05) is 0 Å². The lowest BCUT2D eigenvalue weighted by atomic mass is 9.96. The summed E-state index contributed by atoms with van der Waals surface area (Å²) in [6.45, 7) is 4.06. The summed E-state index contributed by atoms with van der Waals surface area (Å²) in [6.07, 6.45) is 0.955. The van der Waals surface area contributed by atoms with Crippen molar-refractivity contribution >= 4 is 10.9 Å². The largest absolute Gasteiger partial charge is 0.309 e. The summed E-state index contributed by atoms with van der Waals surface area (Å²) in [5, 5.41) is 4.08. The van der Waals surface area contributed by atoms with Crippen LogP contribution >= 0.6 is 0 Å². The maximum Gasteiger partial charge on any atom is 0.258 e. The second-order valence-corrected chi connectivity index (χ2v) is 7.44. The molecule has 1 aromatic heterocycles. The van der Waals surface area contributed by atoms with E-state index < -0.39 is 0 Å². The molecule has 4 rings (SSSR count). The molecule has 152 valence electrons. The van der Waals surface area contributed by atoms with Crippen molar-refractivity contribution in [3.05, 3.63) is 111 Å². The van der Waals surface area contributed by atoms with Gasteiger partial charge in [-0.1, -0.05) is 55.5 Å². The minimum atomic E-state index is -0.283. The normalized spacial score (nSPS) is 13.3. The van der Waals surface area contributed by atoms with E-state index in [-0.39, 0.29) is 23.5 Å². The van der Waals surface area contributed by atoms with Crippen molar-refractivity contribution in [3.8, 4) is 0 Å². The number of nitrogens with zero attached hydrogens (tertiary/aromatic N) is 1. The third kappa shape index (κ3) is 4.16. The highest BCUT2D eigenvalue weighted by molar-refractivity contribution is 5.77. The SMILES string of the molecule is CCc1ccc([C@@H](N[C@H](C)c2nc3ccccc3c(=O)[nH]2)c2cccc(F)c2)cc1.